The van der Waals surface area contributed by atoms with E-state index in [1.54, 1.807) is 30.3 Å². The lowest BCUT2D eigenvalue weighted by atomic mass is 10.0. The molecule has 1 atom stereocenters. The van der Waals surface area contributed by atoms with Crippen LogP contribution in [0.4, 0.5) is 0 Å². The second-order valence-corrected chi connectivity index (χ2v) is 7.34. The van der Waals surface area contributed by atoms with Crippen molar-refractivity contribution in [3.63, 3.8) is 0 Å². The van der Waals surface area contributed by atoms with E-state index in [1.165, 1.54) is 0 Å². The molecule has 1 unspecified atom stereocenters. The maximum absolute atomic E-state index is 13.1. The number of nitrogens with zero attached hydrogens (tertiary/aromatic N) is 2. The number of aromatic nitrogens is 1. The van der Waals surface area contributed by atoms with E-state index in [0.29, 0.717) is 24.7 Å². The molecule has 5 nitrogen and oxygen atoms in total. The molecule has 5 heteroatoms. The van der Waals surface area contributed by atoms with Gasteiger partial charge in [-0.1, -0.05) is 49.4 Å². The number of pyridine rings is 1. The molecule has 0 bridgehead atoms. The smallest absolute Gasteiger partial charge is 0.247 e. The molecule has 0 saturated heterocycles. The first-order valence-corrected chi connectivity index (χ1v) is 10.9. The lowest BCUT2D eigenvalue weighted by Crippen LogP contribution is -2.31. The molecule has 0 spiro atoms. The van der Waals surface area contributed by atoms with E-state index in [4.69, 9.17) is 9.47 Å². The van der Waals surface area contributed by atoms with Crippen LogP contribution in [-0.4, -0.2) is 36.1 Å². The average molecular weight is 431 g/mol. The number of hydrogen-bond donors (Lipinski definition) is 0. The Balaban J connectivity index is 1.82. The van der Waals surface area contributed by atoms with Crippen LogP contribution in [0, 0.1) is 0 Å². The van der Waals surface area contributed by atoms with Crippen molar-refractivity contribution < 1.29 is 14.3 Å². The number of ether oxygens (including phenoxy) is 2. The van der Waals surface area contributed by atoms with Crippen LogP contribution >= 0.6 is 0 Å². The van der Waals surface area contributed by atoms with Gasteiger partial charge < -0.3 is 14.4 Å². The summed E-state index contributed by atoms with van der Waals surface area (Å²) < 4.78 is 11.5. The van der Waals surface area contributed by atoms with E-state index in [9.17, 15) is 4.79 Å². The van der Waals surface area contributed by atoms with Crippen LogP contribution in [0.25, 0.3) is 6.08 Å². The normalized spacial score (nSPS) is 11.8. The summed E-state index contributed by atoms with van der Waals surface area (Å²) in [5.41, 5.74) is 2.69. The number of amides is 1. The first-order chi connectivity index (χ1) is 15.6. The highest BCUT2D eigenvalue weighted by atomic mass is 16.5. The Kier molecular flexibility index (Phi) is 8.44. The molecule has 0 aliphatic carbocycles. The van der Waals surface area contributed by atoms with Crippen molar-refractivity contribution in [2.75, 3.05) is 20.3 Å². The highest BCUT2D eigenvalue weighted by molar-refractivity contribution is 5.92. The fourth-order valence-electron chi connectivity index (χ4n) is 3.41. The van der Waals surface area contributed by atoms with Crippen molar-refractivity contribution in [1.82, 2.24) is 9.88 Å². The zero-order valence-electron chi connectivity index (χ0n) is 18.9. The molecule has 3 rings (SSSR count). The van der Waals surface area contributed by atoms with Crippen molar-refractivity contribution in [3.05, 3.63) is 95.8 Å². The zero-order chi connectivity index (χ0) is 22.8. The fraction of sp³-hybridized carbons (Fsp3) is 0.259. The van der Waals surface area contributed by atoms with E-state index < -0.39 is 0 Å². The van der Waals surface area contributed by atoms with Gasteiger partial charge in [0, 0.05) is 19.3 Å². The standard InChI is InChI=1S/C27H30N2O3/c1-4-19-32-24-16-14-21(20-25(24)31-5-2)15-17-26(30)29(3)27(22-11-7-6-8-12-22)23-13-9-10-18-28-23/h6-18,20,27H,4-5,19H2,1-3H3. The molecule has 1 aromatic heterocycles. The summed E-state index contributed by atoms with van der Waals surface area (Å²) >= 11 is 0. The third-order valence-electron chi connectivity index (χ3n) is 4.97. The molecule has 1 heterocycles. The van der Waals surface area contributed by atoms with Gasteiger partial charge in [-0.3, -0.25) is 9.78 Å². The molecule has 1 amide bonds. The summed E-state index contributed by atoms with van der Waals surface area (Å²) in [6.07, 6.45) is 6.05. The van der Waals surface area contributed by atoms with E-state index in [1.807, 2.05) is 73.7 Å². The maximum Gasteiger partial charge on any atom is 0.247 e. The van der Waals surface area contributed by atoms with E-state index in [-0.39, 0.29) is 11.9 Å². The summed E-state index contributed by atoms with van der Waals surface area (Å²) in [5, 5.41) is 0. The minimum absolute atomic E-state index is 0.117. The number of benzene rings is 2. The summed E-state index contributed by atoms with van der Waals surface area (Å²) in [5.74, 6) is 1.28. The molecular formula is C27H30N2O3. The molecule has 0 aliphatic rings. The number of rotatable bonds is 10. The van der Waals surface area contributed by atoms with Crippen molar-refractivity contribution in [2.45, 2.75) is 26.3 Å². The SMILES string of the molecule is CCCOc1ccc(C=CC(=O)N(C)C(c2ccccc2)c2ccccn2)cc1OCC. The monoisotopic (exact) mass is 430 g/mol. The number of hydrogen-bond acceptors (Lipinski definition) is 4. The van der Waals surface area contributed by atoms with Crippen molar-refractivity contribution in [2.24, 2.45) is 0 Å². The van der Waals surface area contributed by atoms with Crippen molar-refractivity contribution in [3.8, 4) is 11.5 Å². The molecule has 0 fully saturated rings. The Morgan fingerprint density at radius 2 is 1.78 bits per heavy atom. The van der Waals surface area contributed by atoms with Gasteiger partial charge in [0.05, 0.1) is 24.9 Å². The van der Waals surface area contributed by atoms with Crippen LogP contribution in [0.3, 0.4) is 0 Å². The van der Waals surface area contributed by atoms with Crippen molar-refractivity contribution >= 4 is 12.0 Å². The summed E-state index contributed by atoms with van der Waals surface area (Å²) in [6, 6.07) is 21.1. The van der Waals surface area contributed by atoms with Gasteiger partial charge in [-0.25, -0.2) is 0 Å². The molecule has 0 saturated carbocycles. The van der Waals surface area contributed by atoms with Crippen molar-refractivity contribution in [1.29, 1.82) is 0 Å². The third kappa shape index (κ3) is 5.97. The number of carbonyl (C=O) groups is 1. The summed E-state index contributed by atoms with van der Waals surface area (Å²) in [4.78, 5) is 19.3. The highest BCUT2D eigenvalue weighted by Gasteiger charge is 2.23. The highest BCUT2D eigenvalue weighted by Crippen LogP contribution is 2.30. The predicted octanol–water partition coefficient (Wildman–Crippen LogP) is 5.53. The Labute approximate surface area is 190 Å². The van der Waals surface area contributed by atoms with Gasteiger partial charge in [0.25, 0.3) is 0 Å². The van der Waals surface area contributed by atoms with Crippen LogP contribution in [-0.2, 0) is 4.79 Å². The predicted molar refractivity (Wildman–Crippen MR) is 128 cm³/mol. The summed E-state index contributed by atoms with van der Waals surface area (Å²) in [7, 11) is 1.80. The molecule has 3 aromatic rings. The zero-order valence-corrected chi connectivity index (χ0v) is 18.9. The fourth-order valence-corrected chi connectivity index (χ4v) is 3.41. The summed E-state index contributed by atoms with van der Waals surface area (Å²) in [6.45, 7) is 5.17. The third-order valence-corrected chi connectivity index (χ3v) is 4.97. The largest absolute Gasteiger partial charge is 0.490 e. The van der Waals surface area contributed by atoms with Gasteiger partial charge in [-0.2, -0.15) is 0 Å². The second kappa shape index (κ2) is 11.7. The van der Waals surface area contributed by atoms with E-state index in [0.717, 1.165) is 23.2 Å². The van der Waals surface area contributed by atoms with E-state index >= 15 is 0 Å². The number of carbonyl (C=O) groups excluding carboxylic acids is 1. The van der Waals surface area contributed by atoms with Gasteiger partial charge in [-0.05, 0) is 54.8 Å². The van der Waals surface area contributed by atoms with Gasteiger partial charge in [-0.15, -0.1) is 0 Å². The molecular weight excluding hydrogens is 400 g/mol. The van der Waals surface area contributed by atoms with Crippen LogP contribution in [0.5, 0.6) is 11.5 Å². The molecule has 2 aromatic carbocycles. The quantitative estimate of drug-likeness (QED) is 0.397. The Morgan fingerprint density at radius 1 is 1.00 bits per heavy atom. The van der Waals surface area contributed by atoms with Gasteiger partial charge in [0.1, 0.15) is 0 Å². The van der Waals surface area contributed by atoms with Crippen LogP contribution < -0.4 is 9.47 Å². The Hall–Kier alpha value is -3.60. The van der Waals surface area contributed by atoms with Crippen LogP contribution in [0.1, 0.15) is 43.1 Å². The van der Waals surface area contributed by atoms with Gasteiger partial charge >= 0.3 is 0 Å². The number of likely N-dealkylation sites (N-methyl/N-ethyl adjacent to an activating group) is 1. The molecule has 0 radical (unpaired) electrons. The molecule has 0 N–H and O–H groups in total. The average Bonchev–Trinajstić information content (AvgIpc) is 2.83. The Bertz CT molecular complexity index is 980. The molecule has 166 valence electrons. The topological polar surface area (TPSA) is 51.7 Å². The molecule has 0 aliphatic heterocycles. The second-order valence-electron chi connectivity index (χ2n) is 7.34. The van der Waals surface area contributed by atoms with Gasteiger partial charge in [0.15, 0.2) is 11.5 Å². The minimum atomic E-state index is -0.279. The first kappa shape index (κ1) is 23.1. The van der Waals surface area contributed by atoms with Crippen LogP contribution in [0.2, 0.25) is 0 Å². The lowest BCUT2D eigenvalue weighted by Gasteiger charge is -2.27. The van der Waals surface area contributed by atoms with Gasteiger partial charge in [0.2, 0.25) is 5.91 Å². The van der Waals surface area contributed by atoms with E-state index in [2.05, 4.69) is 11.9 Å². The molecule has 32 heavy (non-hydrogen) atoms. The minimum Gasteiger partial charge on any atom is -0.490 e. The Morgan fingerprint density at radius 3 is 2.47 bits per heavy atom. The first-order valence-electron chi connectivity index (χ1n) is 10.9. The van der Waals surface area contributed by atoms with Crippen LogP contribution in [0.15, 0.2) is 79.0 Å². The lowest BCUT2D eigenvalue weighted by molar-refractivity contribution is -0.126. The maximum atomic E-state index is 13.1.